The number of nitrogens with zero attached hydrogens (tertiary/aromatic N) is 4. The van der Waals surface area contributed by atoms with E-state index in [2.05, 4.69) is 32.8 Å². The van der Waals surface area contributed by atoms with E-state index in [1.165, 1.54) is 5.56 Å². The molecule has 0 fully saturated rings. The van der Waals surface area contributed by atoms with E-state index in [-0.39, 0.29) is 6.04 Å². The monoisotopic (exact) mass is 422 g/mol. The second kappa shape index (κ2) is 10.1. The number of nitrogens with one attached hydrogen (secondary N) is 2. The Morgan fingerprint density at radius 1 is 1.26 bits per heavy atom. The number of fused-ring (bicyclic) bond motifs is 1. The van der Waals surface area contributed by atoms with Gasteiger partial charge in [-0.2, -0.15) is 5.10 Å². The van der Waals surface area contributed by atoms with Crippen molar-refractivity contribution in [3.8, 4) is 5.75 Å². The van der Waals surface area contributed by atoms with Gasteiger partial charge in [-0.15, -0.1) is 0 Å². The number of aromatic nitrogens is 3. The van der Waals surface area contributed by atoms with Gasteiger partial charge in [0.05, 0.1) is 19.9 Å². The molecule has 1 unspecified atom stereocenters. The van der Waals surface area contributed by atoms with Crippen molar-refractivity contribution in [2.24, 2.45) is 4.99 Å². The molecule has 0 bridgehead atoms. The third-order valence-electron chi connectivity index (χ3n) is 5.38. The van der Waals surface area contributed by atoms with Crippen LogP contribution in [0.5, 0.6) is 5.75 Å². The van der Waals surface area contributed by atoms with Crippen LogP contribution in [-0.4, -0.2) is 47.0 Å². The van der Waals surface area contributed by atoms with Crippen molar-refractivity contribution >= 4 is 5.96 Å². The lowest BCUT2D eigenvalue weighted by Crippen LogP contribution is -2.47. The van der Waals surface area contributed by atoms with E-state index in [1.54, 1.807) is 13.4 Å². The van der Waals surface area contributed by atoms with Crippen molar-refractivity contribution < 1.29 is 9.15 Å². The van der Waals surface area contributed by atoms with Gasteiger partial charge in [-0.05, 0) is 49.6 Å². The van der Waals surface area contributed by atoms with Gasteiger partial charge >= 0.3 is 0 Å². The van der Waals surface area contributed by atoms with Crippen LogP contribution < -0.4 is 15.4 Å². The number of hydrogen-bond donors (Lipinski definition) is 2. The molecule has 3 heterocycles. The average Bonchev–Trinajstić information content (AvgIpc) is 3.42. The maximum Gasteiger partial charge on any atom is 0.191 e. The minimum atomic E-state index is 0.268. The van der Waals surface area contributed by atoms with E-state index in [1.807, 2.05) is 35.9 Å². The SMILES string of the molecule is COc1ccc(CCNC(=NCCc2ccco2)NC2CCc3nc(C)nn3C2)cc1. The molecular formula is C23H30N6O2. The molecule has 2 N–H and O–H groups in total. The number of methoxy groups -OCH3 is 1. The van der Waals surface area contributed by atoms with E-state index < -0.39 is 0 Å². The van der Waals surface area contributed by atoms with E-state index in [4.69, 9.17) is 14.1 Å². The van der Waals surface area contributed by atoms with E-state index >= 15 is 0 Å². The number of benzene rings is 1. The molecule has 0 radical (unpaired) electrons. The van der Waals surface area contributed by atoms with Crippen LogP contribution in [0.15, 0.2) is 52.1 Å². The lowest BCUT2D eigenvalue weighted by atomic mass is 10.1. The van der Waals surface area contributed by atoms with Gasteiger partial charge in [0.15, 0.2) is 5.96 Å². The largest absolute Gasteiger partial charge is 0.497 e. The first-order valence-electron chi connectivity index (χ1n) is 10.8. The first kappa shape index (κ1) is 21.0. The van der Waals surface area contributed by atoms with Crippen molar-refractivity contribution in [1.29, 1.82) is 0 Å². The Kier molecular flexibility index (Phi) is 6.86. The molecule has 8 nitrogen and oxygen atoms in total. The highest BCUT2D eigenvalue weighted by molar-refractivity contribution is 5.80. The van der Waals surface area contributed by atoms with Gasteiger partial charge in [0.1, 0.15) is 23.2 Å². The van der Waals surface area contributed by atoms with Gasteiger partial charge in [0, 0.05) is 32.0 Å². The molecule has 3 aromatic rings. The highest BCUT2D eigenvalue weighted by Gasteiger charge is 2.21. The summed E-state index contributed by atoms with van der Waals surface area (Å²) in [6, 6.07) is 12.3. The number of aliphatic imine (C=N–C) groups is 1. The molecule has 0 amide bonds. The van der Waals surface area contributed by atoms with Gasteiger partial charge in [-0.25, -0.2) is 9.67 Å². The highest BCUT2D eigenvalue weighted by Crippen LogP contribution is 2.13. The summed E-state index contributed by atoms with van der Waals surface area (Å²) in [6.07, 6.45) is 5.31. The summed E-state index contributed by atoms with van der Waals surface area (Å²) in [7, 11) is 1.68. The molecule has 1 atom stereocenters. The number of hydrogen-bond acceptors (Lipinski definition) is 5. The number of aryl methyl sites for hydroxylation is 2. The Balaban J connectivity index is 1.34. The van der Waals surface area contributed by atoms with Gasteiger partial charge in [0.25, 0.3) is 0 Å². The smallest absolute Gasteiger partial charge is 0.191 e. The number of ether oxygens (including phenoxy) is 1. The fourth-order valence-corrected chi connectivity index (χ4v) is 3.75. The van der Waals surface area contributed by atoms with Gasteiger partial charge in [0.2, 0.25) is 0 Å². The summed E-state index contributed by atoms with van der Waals surface area (Å²) in [5.74, 6) is 4.55. The fourth-order valence-electron chi connectivity index (χ4n) is 3.75. The quantitative estimate of drug-likeness (QED) is 0.428. The van der Waals surface area contributed by atoms with Crippen molar-refractivity contribution in [3.05, 3.63) is 65.6 Å². The summed E-state index contributed by atoms with van der Waals surface area (Å²) < 4.78 is 12.7. The van der Waals surface area contributed by atoms with Crippen LogP contribution in [0.4, 0.5) is 0 Å². The summed E-state index contributed by atoms with van der Waals surface area (Å²) in [5, 5.41) is 11.6. The number of furan rings is 1. The number of guanidine groups is 1. The zero-order chi connectivity index (χ0) is 21.5. The molecule has 8 heteroatoms. The van der Waals surface area contributed by atoms with Crippen molar-refractivity contribution in [1.82, 2.24) is 25.4 Å². The summed E-state index contributed by atoms with van der Waals surface area (Å²) in [6.45, 7) is 4.19. The molecular weight excluding hydrogens is 392 g/mol. The zero-order valence-electron chi connectivity index (χ0n) is 18.2. The summed E-state index contributed by atoms with van der Waals surface area (Å²) in [5.41, 5.74) is 1.25. The van der Waals surface area contributed by atoms with Crippen molar-refractivity contribution in [2.45, 2.75) is 45.2 Å². The minimum absolute atomic E-state index is 0.268. The van der Waals surface area contributed by atoms with Gasteiger partial charge in [-0.1, -0.05) is 12.1 Å². The Bertz CT molecular complexity index is 978. The third kappa shape index (κ3) is 5.87. The van der Waals surface area contributed by atoms with Crippen LogP contribution in [0.2, 0.25) is 0 Å². The van der Waals surface area contributed by atoms with Crippen LogP contribution in [0.25, 0.3) is 0 Å². The fraction of sp³-hybridized carbons (Fsp3) is 0.435. The molecule has 1 aliphatic rings. The van der Waals surface area contributed by atoms with E-state index in [0.717, 1.165) is 67.9 Å². The topological polar surface area (TPSA) is 89.5 Å². The van der Waals surface area contributed by atoms with Gasteiger partial charge < -0.3 is 19.8 Å². The first-order valence-corrected chi connectivity index (χ1v) is 10.8. The zero-order valence-corrected chi connectivity index (χ0v) is 18.2. The Morgan fingerprint density at radius 3 is 2.90 bits per heavy atom. The molecule has 0 saturated carbocycles. The summed E-state index contributed by atoms with van der Waals surface area (Å²) >= 11 is 0. The molecule has 0 saturated heterocycles. The maximum absolute atomic E-state index is 5.43. The molecule has 0 aliphatic carbocycles. The lowest BCUT2D eigenvalue weighted by molar-refractivity contribution is 0.392. The minimum Gasteiger partial charge on any atom is -0.497 e. The van der Waals surface area contributed by atoms with Crippen LogP contribution in [0.1, 0.15) is 29.4 Å². The maximum atomic E-state index is 5.43. The second-order valence-electron chi connectivity index (χ2n) is 7.72. The molecule has 0 spiro atoms. The Hall–Kier alpha value is -3.29. The van der Waals surface area contributed by atoms with Crippen molar-refractivity contribution in [3.63, 3.8) is 0 Å². The average molecular weight is 423 g/mol. The molecule has 4 rings (SSSR count). The molecule has 1 aromatic carbocycles. The summed E-state index contributed by atoms with van der Waals surface area (Å²) in [4.78, 5) is 9.28. The Morgan fingerprint density at radius 2 is 2.13 bits per heavy atom. The second-order valence-corrected chi connectivity index (χ2v) is 7.72. The Labute approximate surface area is 182 Å². The first-order chi connectivity index (χ1) is 15.2. The van der Waals surface area contributed by atoms with Crippen LogP contribution >= 0.6 is 0 Å². The third-order valence-corrected chi connectivity index (χ3v) is 5.38. The highest BCUT2D eigenvalue weighted by atomic mass is 16.5. The molecule has 2 aromatic heterocycles. The van der Waals surface area contributed by atoms with Crippen LogP contribution in [-0.2, 0) is 25.8 Å². The molecule has 164 valence electrons. The predicted molar refractivity (Wildman–Crippen MR) is 119 cm³/mol. The van der Waals surface area contributed by atoms with E-state index in [9.17, 15) is 0 Å². The number of rotatable bonds is 8. The predicted octanol–water partition coefficient (Wildman–Crippen LogP) is 2.52. The standard InChI is InChI=1S/C23H30N6O2/c1-17-26-22-10-7-19(16-29(22)28-17)27-23(25-14-12-21-4-3-15-31-21)24-13-11-18-5-8-20(30-2)9-6-18/h3-6,8-9,15,19H,7,10-14,16H2,1-2H3,(H2,24,25,27). The van der Waals surface area contributed by atoms with Gasteiger partial charge in [-0.3, -0.25) is 4.99 Å². The van der Waals surface area contributed by atoms with E-state index in [0.29, 0.717) is 6.54 Å². The van der Waals surface area contributed by atoms with Crippen molar-refractivity contribution in [2.75, 3.05) is 20.2 Å². The molecule has 31 heavy (non-hydrogen) atoms. The van der Waals surface area contributed by atoms with Crippen LogP contribution in [0.3, 0.4) is 0 Å². The molecule has 1 aliphatic heterocycles. The normalized spacial score (nSPS) is 16.1. The van der Waals surface area contributed by atoms with Crippen LogP contribution in [0, 0.1) is 6.92 Å². The lowest BCUT2D eigenvalue weighted by Gasteiger charge is -2.25.